The number of ether oxygens (including phenoxy) is 5. The van der Waals surface area contributed by atoms with Crippen LogP contribution in [0.25, 0.3) is 11.0 Å². The predicted molar refractivity (Wildman–Crippen MR) is 258 cm³/mol. The van der Waals surface area contributed by atoms with Gasteiger partial charge in [0.05, 0.1) is 34.6 Å². The fourth-order valence-corrected chi connectivity index (χ4v) is 12.5. The molecular formula is C51H59N7O10S. The van der Waals surface area contributed by atoms with Crippen LogP contribution < -0.4 is 29.1 Å². The van der Waals surface area contributed by atoms with E-state index in [1.807, 2.05) is 12.1 Å². The number of sulfonamides is 1. The smallest absolute Gasteiger partial charge is 0.297 e. The molecule has 0 radical (unpaired) electrons. The van der Waals surface area contributed by atoms with Crippen LogP contribution in [-0.2, 0) is 19.5 Å². The lowest BCUT2D eigenvalue weighted by molar-refractivity contribution is -0.384. The molecule has 7 heterocycles. The lowest BCUT2D eigenvalue weighted by Gasteiger charge is -2.56. The second-order valence-corrected chi connectivity index (χ2v) is 21.7. The maximum atomic E-state index is 14.3. The van der Waals surface area contributed by atoms with E-state index in [4.69, 9.17) is 23.7 Å². The molecule has 5 aliphatic heterocycles. The maximum absolute atomic E-state index is 14.3. The number of piperidine rings is 1. The van der Waals surface area contributed by atoms with E-state index in [1.54, 1.807) is 24.4 Å². The number of nitrogens with zero attached hydrogens (tertiary/aromatic N) is 4. The van der Waals surface area contributed by atoms with Crippen molar-refractivity contribution in [2.45, 2.75) is 100 Å². The molecule has 5 aromatic rings. The van der Waals surface area contributed by atoms with Gasteiger partial charge >= 0.3 is 0 Å². The quantitative estimate of drug-likeness (QED) is 0.0750. The minimum Gasteiger partial charge on any atom is -0.489 e. The van der Waals surface area contributed by atoms with Gasteiger partial charge < -0.3 is 38.9 Å². The van der Waals surface area contributed by atoms with E-state index in [1.165, 1.54) is 42.9 Å². The number of pyridine rings is 1. The number of carbonyl (C=O) groups is 1. The summed E-state index contributed by atoms with van der Waals surface area (Å²) in [5.74, 6) is 0.169. The first-order chi connectivity index (χ1) is 33.4. The molecule has 1 spiro atoms. The van der Waals surface area contributed by atoms with Gasteiger partial charge in [-0.15, -0.1) is 0 Å². The average Bonchev–Trinajstić information content (AvgIpc) is 4.01. The third-order valence-electron chi connectivity index (χ3n) is 15.4. The van der Waals surface area contributed by atoms with Crippen molar-refractivity contribution in [1.29, 1.82) is 0 Å². The summed E-state index contributed by atoms with van der Waals surface area (Å²) in [6, 6.07) is 20.7. The minimum absolute atomic E-state index is 0.0131. The number of anilines is 2. The van der Waals surface area contributed by atoms with Gasteiger partial charge in [-0.05, 0) is 111 Å². The number of fused-ring (bicyclic) bond motifs is 2. The van der Waals surface area contributed by atoms with E-state index in [2.05, 4.69) is 67.9 Å². The van der Waals surface area contributed by atoms with Gasteiger partial charge in [0.15, 0.2) is 17.2 Å². The molecule has 0 bridgehead atoms. The normalized spacial score (nSPS) is 22.1. The highest BCUT2D eigenvalue weighted by atomic mass is 32.2. The Morgan fingerprint density at radius 2 is 1.75 bits per heavy atom. The number of amides is 1. The molecule has 2 aromatic heterocycles. The first kappa shape index (κ1) is 45.5. The lowest BCUT2D eigenvalue weighted by atomic mass is 9.59. The zero-order valence-electron chi connectivity index (χ0n) is 39.0. The maximum Gasteiger partial charge on any atom is 0.297 e. The highest BCUT2D eigenvalue weighted by Gasteiger charge is 2.50. The number of H-pyrrole nitrogens is 1. The Hall–Kier alpha value is -5.95. The summed E-state index contributed by atoms with van der Waals surface area (Å²) in [5, 5.41) is 16.4. The number of nitro groups is 1. The van der Waals surface area contributed by atoms with Crippen LogP contribution in [0, 0.1) is 21.4 Å². The van der Waals surface area contributed by atoms with Crippen LogP contribution in [0.3, 0.4) is 0 Å². The van der Waals surface area contributed by atoms with E-state index < -0.39 is 31.4 Å². The molecule has 5 fully saturated rings. The van der Waals surface area contributed by atoms with Gasteiger partial charge in [-0.2, -0.15) is 4.98 Å². The summed E-state index contributed by atoms with van der Waals surface area (Å²) in [7, 11) is -4.69. The first-order valence-electron chi connectivity index (χ1n) is 24.4. The highest BCUT2D eigenvalue weighted by molar-refractivity contribution is 7.90. The third kappa shape index (κ3) is 8.96. The van der Waals surface area contributed by atoms with Crippen molar-refractivity contribution in [2.75, 3.05) is 62.9 Å². The number of nitro benzene ring substituents is 1. The number of carbonyl (C=O) groups excluding carboxylic acids is 1. The summed E-state index contributed by atoms with van der Waals surface area (Å²) < 4.78 is 60.0. The van der Waals surface area contributed by atoms with Gasteiger partial charge in [0.2, 0.25) is 0 Å². The lowest BCUT2D eigenvalue weighted by Crippen LogP contribution is -2.54. The number of likely N-dealkylation sites (tertiary alicyclic amines) is 1. The summed E-state index contributed by atoms with van der Waals surface area (Å²) in [4.78, 5) is 38.5. The zero-order chi connectivity index (χ0) is 47.4. The molecule has 69 heavy (non-hydrogen) atoms. The Bertz CT molecular complexity index is 2860. The molecule has 6 aliphatic rings. The van der Waals surface area contributed by atoms with Crippen LogP contribution in [-0.4, -0.2) is 105 Å². The number of hydrogen-bond donors (Lipinski definition) is 3. The SMILES string of the molecule is CC(C)c1ccccc1[C@@H]1CCCN1C1CC2(CCN(c3ccc(C(=O)NS(=O)(=O)c4cc5c(c([N+](=O)[O-])c4)N[C@@H](C4CCOCC4)CO5)c(Oc4cc5cc[nH]c5nc4OC4COC4)c3)CC2)C1. The standard InChI is InChI=1S/C51H59N7O10S/c1-31(2)38-6-3-4-7-39(38)42-8-5-17-57(42)35-26-51(27-35)14-18-56(19-15-51)34-9-10-40(44(23-34)68-46-22-33-11-16-52-48(33)54-50(46)67-36-28-65-29-36)49(59)55-69(62,63)37-24-43(58(60)61)47-45(25-37)66-30-41(53-47)32-12-20-64-21-13-32/h3-4,6-7,9-11,16,22-25,31-32,35-36,41-42,53H,5,8,12-15,17-21,26-30H2,1-2H3,(H,52,54)(H,55,59)/t41-,42+/m1/s1. The van der Waals surface area contributed by atoms with Gasteiger partial charge in [0.25, 0.3) is 27.5 Å². The molecule has 3 aromatic carbocycles. The van der Waals surface area contributed by atoms with Crippen molar-refractivity contribution < 1.29 is 41.8 Å². The second-order valence-electron chi connectivity index (χ2n) is 20.0. The molecule has 2 atom stereocenters. The van der Waals surface area contributed by atoms with E-state index in [0.717, 1.165) is 62.5 Å². The number of rotatable bonds is 13. The molecule has 364 valence electrons. The molecule has 1 aliphatic carbocycles. The third-order valence-corrected chi connectivity index (χ3v) is 16.7. The fourth-order valence-electron chi connectivity index (χ4n) is 11.5. The van der Waals surface area contributed by atoms with E-state index in [9.17, 15) is 23.3 Å². The number of aromatic amines is 1. The van der Waals surface area contributed by atoms with E-state index in [0.29, 0.717) is 50.1 Å². The molecule has 17 nitrogen and oxygen atoms in total. The fraction of sp³-hybridized carbons (Fsp3) is 0.490. The Balaban J connectivity index is 0.843. The largest absolute Gasteiger partial charge is 0.489 e. The zero-order valence-corrected chi connectivity index (χ0v) is 39.8. The number of benzene rings is 3. The van der Waals surface area contributed by atoms with Gasteiger partial charge in [-0.3, -0.25) is 19.8 Å². The first-order valence-corrected chi connectivity index (χ1v) is 25.9. The summed E-state index contributed by atoms with van der Waals surface area (Å²) in [5.41, 5.74) is 4.16. The Kier molecular flexibility index (Phi) is 12.1. The van der Waals surface area contributed by atoms with Crippen molar-refractivity contribution in [2.24, 2.45) is 11.3 Å². The van der Waals surface area contributed by atoms with Crippen molar-refractivity contribution in [3.8, 4) is 23.1 Å². The van der Waals surface area contributed by atoms with Crippen LogP contribution in [0.1, 0.15) is 98.7 Å². The molecule has 1 amide bonds. The van der Waals surface area contributed by atoms with Crippen molar-refractivity contribution in [3.05, 3.63) is 99.7 Å². The molecule has 3 N–H and O–H groups in total. The van der Waals surface area contributed by atoms with E-state index in [-0.39, 0.29) is 64.5 Å². The van der Waals surface area contributed by atoms with Gasteiger partial charge in [-0.25, -0.2) is 13.1 Å². The molecule has 11 rings (SSSR count). The molecule has 0 unspecified atom stereocenters. The van der Waals surface area contributed by atoms with Crippen LogP contribution in [0.5, 0.6) is 23.1 Å². The van der Waals surface area contributed by atoms with Crippen LogP contribution >= 0.6 is 0 Å². The average molecular weight is 962 g/mol. The summed E-state index contributed by atoms with van der Waals surface area (Å²) in [6.45, 7) is 9.44. The Morgan fingerprint density at radius 1 is 0.957 bits per heavy atom. The number of nitrogens with one attached hydrogen (secondary N) is 3. The number of aromatic nitrogens is 2. The van der Waals surface area contributed by atoms with Crippen LogP contribution in [0.4, 0.5) is 17.1 Å². The van der Waals surface area contributed by atoms with Gasteiger partial charge in [0, 0.05) is 73.9 Å². The van der Waals surface area contributed by atoms with Crippen molar-refractivity contribution >= 4 is 44.0 Å². The Morgan fingerprint density at radius 3 is 2.51 bits per heavy atom. The minimum atomic E-state index is -4.69. The molecular weight excluding hydrogens is 903 g/mol. The van der Waals surface area contributed by atoms with E-state index >= 15 is 0 Å². The topological polar surface area (TPSA) is 200 Å². The molecule has 4 saturated heterocycles. The molecule has 18 heteroatoms. The van der Waals surface area contributed by atoms with Crippen molar-refractivity contribution in [3.63, 3.8) is 0 Å². The number of hydrogen-bond acceptors (Lipinski definition) is 14. The summed E-state index contributed by atoms with van der Waals surface area (Å²) >= 11 is 0. The summed E-state index contributed by atoms with van der Waals surface area (Å²) in [6.07, 6.45) is 9.87. The highest BCUT2D eigenvalue weighted by Crippen LogP contribution is 2.54. The van der Waals surface area contributed by atoms with Gasteiger partial charge in [0.1, 0.15) is 24.1 Å². The van der Waals surface area contributed by atoms with Crippen molar-refractivity contribution in [1.82, 2.24) is 19.6 Å². The Labute approximate surface area is 401 Å². The monoisotopic (exact) mass is 961 g/mol. The van der Waals surface area contributed by atoms with Crippen LogP contribution in [0.15, 0.2) is 77.8 Å². The second kappa shape index (κ2) is 18.4. The van der Waals surface area contributed by atoms with Gasteiger partial charge in [-0.1, -0.05) is 38.1 Å². The predicted octanol–water partition coefficient (Wildman–Crippen LogP) is 8.47. The molecule has 1 saturated carbocycles. The van der Waals surface area contributed by atoms with Crippen LogP contribution in [0.2, 0.25) is 0 Å².